The normalized spacial score (nSPS) is 10.7. The summed E-state index contributed by atoms with van der Waals surface area (Å²) in [7, 11) is 0. The summed E-state index contributed by atoms with van der Waals surface area (Å²) >= 11 is 0. The predicted octanol–water partition coefficient (Wildman–Crippen LogP) is 3.85. The summed E-state index contributed by atoms with van der Waals surface area (Å²) < 4.78 is 10.5. The summed E-state index contributed by atoms with van der Waals surface area (Å²) in [5.74, 6) is -0.182. The maximum atomic E-state index is 12.3. The first-order chi connectivity index (χ1) is 12.0. The second kappa shape index (κ2) is 6.76. The Labute approximate surface area is 144 Å². The Kier molecular flexibility index (Phi) is 4.52. The lowest BCUT2D eigenvalue weighted by atomic mass is 10.1. The molecule has 3 aromatic rings. The number of benzene rings is 1. The van der Waals surface area contributed by atoms with E-state index in [1.54, 1.807) is 19.9 Å². The quantitative estimate of drug-likeness (QED) is 0.564. The van der Waals surface area contributed by atoms with Crippen molar-refractivity contribution in [2.45, 2.75) is 27.4 Å². The van der Waals surface area contributed by atoms with Gasteiger partial charge < -0.3 is 14.2 Å². The molecule has 0 spiro atoms. The number of rotatable bonds is 5. The first-order valence-corrected chi connectivity index (χ1v) is 7.85. The number of hydrogen-bond acceptors (Lipinski definition) is 5. The van der Waals surface area contributed by atoms with E-state index in [-0.39, 0.29) is 18.1 Å². The number of hydrogen-bond donors (Lipinski definition) is 1. The summed E-state index contributed by atoms with van der Waals surface area (Å²) in [6.07, 6.45) is 0. The molecule has 1 N–H and O–H groups in total. The number of nitrogens with one attached hydrogen (secondary N) is 1. The van der Waals surface area contributed by atoms with Gasteiger partial charge >= 0.3 is 5.97 Å². The van der Waals surface area contributed by atoms with Crippen LogP contribution < -0.4 is 0 Å². The van der Waals surface area contributed by atoms with Crippen molar-refractivity contribution in [3.05, 3.63) is 64.7 Å². The highest BCUT2D eigenvalue weighted by Gasteiger charge is 2.21. The van der Waals surface area contributed by atoms with E-state index in [2.05, 4.69) is 10.1 Å². The second-order valence-electron chi connectivity index (χ2n) is 5.80. The number of Topliss-reactive ketones (excluding diaryl/α,β-unsaturated/α-hetero) is 1. The van der Waals surface area contributed by atoms with Crippen LogP contribution in [0.15, 0.2) is 40.9 Å². The minimum absolute atomic E-state index is 0.0361. The zero-order chi connectivity index (χ0) is 18.0. The van der Waals surface area contributed by atoms with Crippen molar-refractivity contribution < 1.29 is 18.8 Å². The standard InChI is InChI=1S/C19H18N2O4/c1-11-17(13(3)22)12(2)20-18(11)19(23)24-10-15-9-16(21-25-15)14-7-5-4-6-8-14/h4-9,20H,10H2,1-3H3. The molecule has 6 heteroatoms. The van der Waals surface area contributed by atoms with E-state index in [1.807, 2.05) is 30.3 Å². The van der Waals surface area contributed by atoms with E-state index >= 15 is 0 Å². The number of aromatic amines is 1. The Balaban J connectivity index is 1.70. The van der Waals surface area contributed by atoms with Crippen molar-refractivity contribution in [2.75, 3.05) is 0 Å². The Bertz CT molecular complexity index is 922. The van der Waals surface area contributed by atoms with E-state index in [0.717, 1.165) is 5.56 Å². The van der Waals surface area contributed by atoms with Crippen LogP contribution in [0.3, 0.4) is 0 Å². The van der Waals surface area contributed by atoms with Gasteiger partial charge in [-0.1, -0.05) is 35.5 Å². The van der Waals surface area contributed by atoms with Crippen molar-refractivity contribution in [3.8, 4) is 11.3 Å². The highest BCUT2D eigenvalue weighted by atomic mass is 16.5. The molecule has 0 saturated carbocycles. The smallest absolute Gasteiger partial charge is 0.355 e. The number of aromatic nitrogens is 2. The fourth-order valence-electron chi connectivity index (χ4n) is 2.82. The van der Waals surface area contributed by atoms with Crippen LogP contribution in [0.4, 0.5) is 0 Å². The van der Waals surface area contributed by atoms with Gasteiger partial charge in [-0.2, -0.15) is 0 Å². The molecule has 0 saturated heterocycles. The Morgan fingerprint density at radius 3 is 2.56 bits per heavy atom. The number of nitrogens with zero attached hydrogens (tertiary/aromatic N) is 1. The van der Waals surface area contributed by atoms with Gasteiger partial charge in [0.2, 0.25) is 0 Å². The van der Waals surface area contributed by atoms with Crippen molar-refractivity contribution in [2.24, 2.45) is 0 Å². The van der Waals surface area contributed by atoms with Crippen molar-refractivity contribution in [3.63, 3.8) is 0 Å². The van der Waals surface area contributed by atoms with E-state index in [0.29, 0.717) is 28.3 Å². The van der Waals surface area contributed by atoms with Crippen LogP contribution in [0.2, 0.25) is 0 Å². The van der Waals surface area contributed by atoms with Gasteiger partial charge in [-0.25, -0.2) is 4.79 Å². The van der Waals surface area contributed by atoms with Gasteiger partial charge in [0, 0.05) is 22.9 Å². The molecule has 0 fully saturated rings. The Morgan fingerprint density at radius 2 is 1.92 bits per heavy atom. The fourth-order valence-corrected chi connectivity index (χ4v) is 2.82. The first kappa shape index (κ1) is 16.7. The molecule has 0 atom stereocenters. The lowest BCUT2D eigenvalue weighted by molar-refractivity contribution is 0.0430. The average Bonchev–Trinajstić information content (AvgIpc) is 3.18. The Hall–Kier alpha value is -3.15. The summed E-state index contributed by atoms with van der Waals surface area (Å²) in [5.41, 5.74) is 3.66. The molecule has 0 aliphatic carbocycles. The monoisotopic (exact) mass is 338 g/mol. The van der Waals surface area contributed by atoms with Crippen LogP contribution in [0.25, 0.3) is 11.3 Å². The highest BCUT2D eigenvalue weighted by molar-refractivity contribution is 6.01. The number of H-pyrrole nitrogens is 1. The number of carbonyl (C=O) groups is 2. The van der Waals surface area contributed by atoms with Gasteiger partial charge in [0.05, 0.1) is 0 Å². The number of aryl methyl sites for hydroxylation is 1. The molecular formula is C19H18N2O4. The lowest BCUT2D eigenvalue weighted by Gasteiger charge is -2.02. The summed E-state index contributed by atoms with van der Waals surface area (Å²) in [5, 5.41) is 3.98. The minimum Gasteiger partial charge on any atom is -0.453 e. The van der Waals surface area contributed by atoms with E-state index in [9.17, 15) is 9.59 Å². The van der Waals surface area contributed by atoms with Crippen molar-refractivity contribution in [1.82, 2.24) is 10.1 Å². The molecule has 0 unspecified atom stereocenters. The topological polar surface area (TPSA) is 85.2 Å². The predicted molar refractivity (Wildman–Crippen MR) is 91.3 cm³/mol. The molecule has 0 aliphatic heterocycles. The number of esters is 1. The van der Waals surface area contributed by atoms with E-state index in [1.165, 1.54) is 6.92 Å². The first-order valence-electron chi connectivity index (χ1n) is 7.85. The minimum atomic E-state index is -0.536. The van der Waals surface area contributed by atoms with Gasteiger partial charge in [-0.3, -0.25) is 4.79 Å². The SMILES string of the molecule is CC(=O)c1c(C)[nH]c(C(=O)OCc2cc(-c3ccccc3)no2)c1C. The average molecular weight is 338 g/mol. The zero-order valence-electron chi connectivity index (χ0n) is 14.3. The van der Waals surface area contributed by atoms with Gasteiger partial charge in [0.1, 0.15) is 11.4 Å². The molecule has 2 heterocycles. The molecule has 0 amide bonds. The van der Waals surface area contributed by atoms with Gasteiger partial charge in [-0.15, -0.1) is 0 Å². The number of ketones is 1. The largest absolute Gasteiger partial charge is 0.453 e. The van der Waals surface area contributed by atoms with Crippen LogP contribution in [-0.2, 0) is 11.3 Å². The Morgan fingerprint density at radius 1 is 1.20 bits per heavy atom. The molecule has 1 aromatic carbocycles. The van der Waals surface area contributed by atoms with Crippen LogP contribution in [-0.4, -0.2) is 21.9 Å². The molecule has 0 bridgehead atoms. The van der Waals surface area contributed by atoms with Crippen molar-refractivity contribution >= 4 is 11.8 Å². The molecule has 0 radical (unpaired) electrons. The van der Waals surface area contributed by atoms with Crippen LogP contribution >= 0.6 is 0 Å². The summed E-state index contributed by atoms with van der Waals surface area (Å²) in [4.78, 5) is 26.8. The third-order valence-electron chi connectivity index (χ3n) is 3.97. The molecule has 6 nitrogen and oxygen atoms in total. The fraction of sp³-hybridized carbons (Fsp3) is 0.211. The third-order valence-corrected chi connectivity index (χ3v) is 3.97. The van der Waals surface area contributed by atoms with Crippen LogP contribution in [0, 0.1) is 13.8 Å². The van der Waals surface area contributed by atoms with E-state index in [4.69, 9.17) is 9.26 Å². The second-order valence-corrected chi connectivity index (χ2v) is 5.80. The van der Waals surface area contributed by atoms with Gasteiger partial charge in [0.15, 0.2) is 18.2 Å². The van der Waals surface area contributed by atoms with Gasteiger partial charge in [0.25, 0.3) is 0 Å². The molecule has 128 valence electrons. The van der Waals surface area contributed by atoms with Crippen LogP contribution in [0.1, 0.15) is 44.8 Å². The third kappa shape index (κ3) is 3.38. The highest BCUT2D eigenvalue weighted by Crippen LogP contribution is 2.21. The number of carbonyl (C=O) groups excluding carboxylic acids is 2. The maximum Gasteiger partial charge on any atom is 0.355 e. The van der Waals surface area contributed by atoms with Gasteiger partial charge in [-0.05, 0) is 26.3 Å². The van der Waals surface area contributed by atoms with Crippen molar-refractivity contribution in [1.29, 1.82) is 0 Å². The maximum absolute atomic E-state index is 12.3. The molecule has 25 heavy (non-hydrogen) atoms. The molecule has 2 aromatic heterocycles. The van der Waals surface area contributed by atoms with E-state index < -0.39 is 5.97 Å². The molecule has 0 aliphatic rings. The summed E-state index contributed by atoms with van der Waals surface area (Å²) in [6.45, 7) is 4.91. The summed E-state index contributed by atoms with van der Waals surface area (Å²) in [6, 6.07) is 11.3. The lowest BCUT2D eigenvalue weighted by Crippen LogP contribution is -2.07. The molecule has 3 rings (SSSR count). The molecular weight excluding hydrogens is 320 g/mol. The van der Waals surface area contributed by atoms with Crippen LogP contribution in [0.5, 0.6) is 0 Å². The number of ether oxygens (including phenoxy) is 1. The zero-order valence-corrected chi connectivity index (χ0v) is 14.3.